The van der Waals surface area contributed by atoms with Gasteiger partial charge in [-0.3, -0.25) is 0 Å². The van der Waals surface area contributed by atoms with Crippen LogP contribution in [0.2, 0.25) is 0 Å². The molecule has 0 amide bonds. The van der Waals surface area contributed by atoms with Gasteiger partial charge >= 0.3 is 0 Å². The molecular formula is C8H14N4S. The lowest BCUT2D eigenvalue weighted by atomic mass is 10.2. The number of aryl methyl sites for hydroxylation is 2. The van der Waals surface area contributed by atoms with Crippen LogP contribution in [0.15, 0.2) is 11.2 Å². The Morgan fingerprint density at radius 3 is 2.77 bits per heavy atom. The Morgan fingerprint density at radius 1 is 1.69 bits per heavy atom. The van der Waals surface area contributed by atoms with Crippen molar-refractivity contribution in [2.75, 3.05) is 0 Å². The van der Waals surface area contributed by atoms with Gasteiger partial charge < -0.3 is 11.3 Å². The summed E-state index contributed by atoms with van der Waals surface area (Å²) in [7, 11) is 0. The number of hydrogen-bond donors (Lipinski definition) is 3. The van der Waals surface area contributed by atoms with Gasteiger partial charge in [0.2, 0.25) is 0 Å². The molecule has 0 spiro atoms. The maximum absolute atomic E-state index is 5.28. The van der Waals surface area contributed by atoms with Crippen molar-refractivity contribution < 1.29 is 0 Å². The molecule has 0 saturated carbocycles. The number of nitrogens with zero attached hydrogens (tertiary/aromatic N) is 1. The first-order valence-corrected chi connectivity index (χ1v) is 4.88. The molecule has 0 radical (unpaired) electrons. The number of hydrogen-bond acceptors (Lipinski definition) is 4. The molecule has 5 heteroatoms. The molecule has 0 aliphatic carbocycles. The first kappa shape index (κ1) is 10.0. The fourth-order valence-corrected chi connectivity index (χ4v) is 2.19. The summed E-state index contributed by atoms with van der Waals surface area (Å²) in [6, 6.07) is 2.13. The Kier molecular flexibility index (Phi) is 3.27. The Labute approximate surface area is 81.6 Å². The second kappa shape index (κ2) is 4.25. The molecule has 5 N–H and O–H groups in total. The highest BCUT2D eigenvalue weighted by molar-refractivity contribution is 7.14. The van der Waals surface area contributed by atoms with Gasteiger partial charge in [0.1, 0.15) is 0 Å². The number of nitrogens with two attached hydrogens (primary N) is 2. The molecule has 0 bridgehead atoms. The fraction of sp³-hybridized carbons (Fsp3) is 0.375. The highest BCUT2D eigenvalue weighted by atomic mass is 32.1. The Hall–Kier alpha value is -1.07. The van der Waals surface area contributed by atoms with Crippen molar-refractivity contribution >= 4 is 17.2 Å². The number of hydrazine groups is 1. The highest BCUT2D eigenvalue weighted by Gasteiger charge is 2.09. The predicted molar refractivity (Wildman–Crippen MR) is 56.5 cm³/mol. The lowest BCUT2D eigenvalue weighted by molar-refractivity contribution is 1.01. The van der Waals surface area contributed by atoms with Gasteiger partial charge in [0.05, 0.1) is 4.88 Å². The average Bonchev–Trinajstić information content (AvgIpc) is 2.50. The van der Waals surface area contributed by atoms with E-state index >= 15 is 0 Å². The minimum atomic E-state index is 0.544. The molecule has 0 aromatic carbocycles. The quantitative estimate of drug-likeness (QED) is 0.283. The topological polar surface area (TPSA) is 76.4 Å². The number of amidine groups is 1. The summed E-state index contributed by atoms with van der Waals surface area (Å²) in [4.78, 5) is 2.32. The molecule has 72 valence electrons. The van der Waals surface area contributed by atoms with E-state index in [4.69, 9.17) is 11.7 Å². The fourth-order valence-electron chi connectivity index (χ4n) is 1.12. The van der Waals surface area contributed by atoms with E-state index in [1.54, 1.807) is 11.3 Å². The molecular weight excluding hydrogens is 184 g/mol. The van der Waals surface area contributed by atoms with Gasteiger partial charge in [-0.2, -0.15) is 5.10 Å². The molecule has 1 aromatic rings. The van der Waals surface area contributed by atoms with E-state index in [2.05, 4.69) is 23.5 Å². The van der Waals surface area contributed by atoms with Crippen LogP contribution in [-0.2, 0) is 6.42 Å². The van der Waals surface area contributed by atoms with E-state index in [9.17, 15) is 0 Å². The lowest BCUT2D eigenvalue weighted by Crippen LogP contribution is -2.31. The summed E-state index contributed by atoms with van der Waals surface area (Å²) in [6.07, 6.45) is 1.02. The van der Waals surface area contributed by atoms with Gasteiger partial charge in [-0.05, 0) is 25.0 Å². The molecule has 0 unspecified atom stereocenters. The first-order valence-electron chi connectivity index (χ1n) is 4.07. The molecule has 0 fully saturated rings. The van der Waals surface area contributed by atoms with Gasteiger partial charge in [-0.1, -0.05) is 6.92 Å². The monoisotopic (exact) mass is 198 g/mol. The van der Waals surface area contributed by atoms with E-state index in [1.807, 2.05) is 6.92 Å². The zero-order chi connectivity index (χ0) is 9.84. The minimum Gasteiger partial charge on any atom is -0.321 e. The van der Waals surface area contributed by atoms with Crippen LogP contribution in [0, 0.1) is 6.92 Å². The Morgan fingerprint density at radius 2 is 2.38 bits per heavy atom. The van der Waals surface area contributed by atoms with Crippen LogP contribution >= 0.6 is 11.3 Å². The molecule has 0 aliphatic heterocycles. The minimum absolute atomic E-state index is 0.544. The number of thiophene rings is 1. The standard InChI is InChI=1S/C8H14N4S/c1-3-6-4-5(2)7(13-6)8(11-9)12-10/h4H,3,9-10H2,1-2H3,(H,11,12). The van der Waals surface area contributed by atoms with Gasteiger partial charge in [-0.15, -0.1) is 11.3 Å². The van der Waals surface area contributed by atoms with Crippen molar-refractivity contribution in [2.24, 2.45) is 16.8 Å². The van der Waals surface area contributed by atoms with Gasteiger partial charge in [0, 0.05) is 4.88 Å². The lowest BCUT2D eigenvalue weighted by Gasteiger charge is -2.01. The third-order valence-corrected chi connectivity index (χ3v) is 3.19. The van der Waals surface area contributed by atoms with Crippen molar-refractivity contribution in [1.82, 2.24) is 5.43 Å². The summed E-state index contributed by atoms with van der Waals surface area (Å²) in [5.41, 5.74) is 3.64. The molecule has 0 saturated heterocycles. The summed E-state index contributed by atoms with van der Waals surface area (Å²) in [5.74, 6) is 11.0. The summed E-state index contributed by atoms with van der Waals surface area (Å²) >= 11 is 1.66. The maximum atomic E-state index is 5.28. The van der Waals surface area contributed by atoms with E-state index in [1.165, 1.54) is 4.88 Å². The van der Waals surface area contributed by atoms with Gasteiger partial charge in [0.15, 0.2) is 5.84 Å². The summed E-state index contributed by atoms with van der Waals surface area (Å²) in [6.45, 7) is 4.14. The Balaban J connectivity index is 3.06. The smallest absolute Gasteiger partial charge is 0.177 e. The van der Waals surface area contributed by atoms with Crippen molar-refractivity contribution in [3.63, 3.8) is 0 Å². The van der Waals surface area contributed by atoms with Crippen LogP contribution in [0.5, 0.6) is 0 Å². The van der Waals surface area contributed by atoms with Crippen LogP contribution in [-0.4, -0.2) is 5.84 Å². The zero-order valence-corrected chi connectivity index (χ0v) is 8.61. The maximum Gasteiger partial charge on any atom is 0.177 e. The van der Waals surface area contributed by atoms with E-state index in [0.717, 1.165) is 16.9 Å². The third-order valence-electron chi connectivity index (χ3n) is 1.80. The molecule has 1 rings (SSSR count). The van der Waals surface area contributed by atoms with Gasteiger partial charge in [-0.25, -0.2) is 5.84 Å². The summed E-state index contributed by atoms with van der Waals surface area (Å²) < 4.78 is 0. The highest BCUT2D eigenvalue weighted by Crippen LogP contribution is 2.21. The second-order valence-electron chi connectivity index (χ2n) is 2.70. The second-order valence-corrected chi connectivity index (χ2v) is 3.84. The number of hydrazone groups is 1. The predicted octanol–water partition coefficient (Wildman–Crippen LogP) is 0.703. The van der Waals surface area contributed by atoms with Crippen LogP contribution in [0.4, 0.5) is 0 Å². The zero-order valence-electron chi connectivity index (χ0n) is 7.79. The average molecular weight is 198 g/mol. The number of nitrogens with one attached hydrogen (secondary N) is 1. The van der Waals surface area contributed by atoms with E-state index < -0.39 is 0 Å². The third kappa shape index (κ3) is 1.99. The van der Waals surface area contributed by atoms with Crippen LogP contribution in [0.3, 0.4) is 0 Å². The normalized spacial score (nSPS) is 11.8. The largest absolute Gasteiger partial charge is 0.321 e. The van der Waals surface area contributed by atoms with Crippen molar-refractivity contribution in [1.29, 1.82) is 0 Å². The van der Waals surface area contributed by atoms with Crippen molar-refractivity contribution in [3.8, 4) is 0 Å². The van der Waals surface area contributed by atoms with Gasteiger partial charge in [0.25, 0.3) is 0 Å². The Bertz CT molecular complexity index is 316. The van der Waals surface area contributed by atoms with E-state index in [-0.39, 0.29) is 0 Å². The molecule has 1 aromatic heterocycles. The van der Waals surface area contributed by atoms with Crippen LogP contribution in [0.25, 0.3) is 0 Å². The molecule has 4 nitrogen and oxygen atoms in total. The van der Waals surface area contributed by atoms with Crippen molar-refractivity contribution in [3.05, 3.63) is 21.4 Å². The number of rotatable bonds is 2. The summed E-state index contributed by atoms with van der Waals surface area (Å²) in [5, 5.41) is 3.58. The molecule has 0 atom stereocenters. The van der Waals surface area contributed by atoms with E-state index in [0.29, 0.717) is 5.84 Å². The van der Waals surface area contributed by atoms with Crippen LogP contribution in [0.1, 0.15) is 22.2 Å². The van der Waals surface area contributed by atoms with Crippen LogP contribution < -0.4 is 17.1 Å². The first-order chi connectivity index (χ1) is 6.22. The molecule has 0 aliphatic rings. The SMILES string of the molecule is CCc1cc(C)c(/C(=N/N)NN)s1. The molecule has 13 heavy (non-hydrogen) atoms. The molecule has 1 heterocycles. The van der Waals surface area contributed by atoms with Crippen molar-refractivity contribution in [2.45, 2.75) is 20.3 Å².